The smallest absolute Gasteiger partial charge is 0.357 e. The second-order valence-electron chi connectivity index (χ2n) is 4.75. The molecular formula is C12H16N2O3. The number of carbonyl (C=O) groups is 2. The number of aldehydes is 1. The van der Waals surface area contributed by atoms with Gasteiger partial charge in [0.05, 0.1) is 11.6 Å². The van der Waals surface area contributed by atoms with Gasteiger partial charge in [0.15, 0.2) is 12.0 Å². The van der Waals surface area contributed by atoms with Gasteiger partial charge in [-0.15, -0.1) is 0 Å². The minimum atomic E-state index is -1.14. The fourth-order valence-electron chi connectivity index (χ4n) is 2.35. The molecule has 0 atom stereocenters. The lowest BCUT2D eigenvalue weighted by molar-refractivity contribution is 0.0686. The van der Waals surface area contributed by atoms with Crippen molar-refractivity contribution in [3.05, 3.63) is 17.5 Å². The molecule has 1 saturated carbocycles. The lowest BCUT2D eigenvalue weighted by atomic mass is 9.87. The Hall–Kier alpha value is -1.65. The molecule has 1 aliphatic rings. The Morgan fingerprint density at radius 1 is 1.47 bits per heavy atom. The maximum Gasteiger partial charge on any atom is 0.357 e. The quantitative estimate of drug-likeness (QED) is 0.816. The molecule has 0 saturated heterocycles. The molecule has 1 aromatic rings. The van der Waals surface area contributed by atoms with E-state index < -0.39 is 5.97 Å². The van der Waals surface area contributed by atoms with Gasteiger partial charge in [-0.1, -0.05) is 6.92 Å². The molecule has 92 valence electrons. The van der Waals surface area contributed by atoms with Crippen LogP contribution < -0.4 is 0 Å². The predicted octanol–water partition coefficient (Wildman–Crippen LogP) is 2.15. The summed E-state index contributed by atoms with van der Waals surface area (Å²) < 4.78 is 1.65. The summed E-state index contributed by atoms with van der Waals surface area (Å²) in [7, 11) is 0. The van der Waals surface area contributed by atoms with Crippen LogP contribution in [-0.2, 0) is 0 Å². The molecule has 0 radical (unpaired) electrons. The molecule has 0 amide bonds. The van der Waals surface area contributed by atoms with Gasteiger partial charge in [-0.2, -0.15) is 5.10 Å². The van der Waals surface area contributed by atoms with Crippen molar-refractivity contribution in [1.29, 1.82) is 0 Å². The van der Waals surface area contributed by atoms with Crippen molar-refractivity contribution in [3.8, 4) is 0 Å². The summed E-state index contributed by atoms with van der Waals surface area (Å²) in [5.41, 5.74) is 0.0229. The van der Waals surface area contributed by atoms with E-state index in [1.54, 1.807) is 10.9 Å². The first-order valence-corrected chi connectivity index (χ1v) is 5.89. The van der Waals surface area contributed by atoms with Crippen LogP contribution in [0.1, 0.15) is 59.5 Å². The Morgan fingerprint density at radius 3 is 2.59 bits per heavy atom. The third-order valence-corrected chi connectivity index (χ3v) is 3.45. The van der Waals surface area contributed by atoms with Crippen molar-refractivity contribution in [3.63, 3.8) is 0 Å². The van der Waals surface area contributed by atoms with Gasteiger partial charge >= 0.3 is 5.97 Å². The summed E-state index contributed by atoms with van der Waals surface area (Å²) in [6.07, 6.45) is 6.36. The third-order valence-electron chi connectivity index (χ3n) is 3.45. The fraction of sp³-hybridized carbons (Fsp3) is 0.583. The highest BCUT2D eigenvalue weighted by Crippen LogP contribution is 2.31. The van der Waals surface area contributed by atoms with E-state index in [9.17, 15) is 9.59 Å². The molecule has 1 heterocycles. The second kappa shape index (κ2) is 4.69. The van der Waals surface area contributed by atoms with Gasteiger partial charge in [0.2, 0.25) is 0 Å². The van der Waals surface area contributed by atoms with Crippen LogP contribution in [0.3, 0.4) is 0 Å². The van der Waals surface area contributed by atoms with E-state index >= 15 is 0 Å². The molecule has 0 bridgehead atoms. The fourth-order valence-corrected chi connectivity index (χ4v) is 2.35. The zero-order valence-electron chi connectivity index (χ0n) is 9.80. The number of carboxylic acid groups (broad SMARTS) is 1. The summed E-state index contributed by atoms with van der Waals surface area (Å²) in [6.45, 7) is 2.22. The van der Waals surface area contributed by atoms with E-state index in [2.05, 4.69) is 12.0 Å². The van der Waals surface area contributed by atoms with E-state index in [0.717, 1.165) is 31.6 Å². The van der Waals surface area contributed by atoms with Gasteiger partial charge in [-0.3, -0.25) is 9.48 Å². The average Bonchev–Trinajstić information content (AvgIpc) is 2.74. The van der Waals surface area contributed by atoms with E-state index in [1.165, 1.54) is 0 Å². The summed E-state index contributed by atoms with van der Waals surface area (Å²) in [4.78, 5) is 21.7. The summed E-state index contributed by atoms with van der Waals surface area (Å²) in [5.74, 6) is -0.415. The average molecular weight is 236 g/mol. The Bertz CT molecular complexity index is 431. The minimum Gasteiger partial charge on any atom is -0.476 e. The summed E-state index contributed by atoms with van der Waals surface area (Å²) >= 11 is 0. The molecule has 1 aliphatic carbocycles. The number of rotatable bonds is 3. The van der Waals surface area contributed by atoms with Crippen LogP contribution in [0, 0.1) is 5.92 Å². The van der Waals surface area contributed by atoms with Crippen LogP contribution in [0.15, 0.2) is 6.20 Å². The largest absolute Gasteiger partial charge is 0.476 e. The second-order valence-corrected chi connectivity index (χ2v) is 4.75. The van der Waals surface area contributed by atoms with Crippen LogP contribution >= 0.6 is 0 Å². The molecule has 1 N–H and O–H groups in total. The Morgan fingerprint density at radius 2 is 2.12 bits per heavy atom. The van der Waals surface area contributed by atoms with Crippen molar-refractivity contribution in [2.45, 2.75) is 38.6 Å². The summed E-state index contributed by atoms with van der Waals surface area (Å²) in [5, 5.41) is 12.9. The normalized spacial score (nSPS) is 24.5. The molecule has 0 spiro atoms. The third kappa shape index (κ3) is 2.38. The van der Waals surface area contributed by atoms with E-state index in [1.807, 2.05) is 0 Å². The number of aromatic nitrogens is 2. The van der Waals surface area contributed by atoms with Gasteiger partial charge < -0.3 is 5.11 Å². The topological polar surface area (TPSA) is 72.2 Å². The highest BCUT2D eigenvalue weighted by atomic mass is 16.4. The number of carboxylic acids is 1. The molecule has 5 heteroatoms. The van der Waals surface area contributed by atoms with E-state index in [4.69, 9.17) is 5.11 Å². The molecular weight excluding hydrogens is 220 g/mol. The SMILES string of the molecule is CC1CCC(n2cc(C=O)c(C(=O)O)n2)CC1. The van der Waals surface area contributed by atoms with Gasteiger partial charge in [0.25, 0.3) is 0 Å². The molecule has 1 aromatic heterocycles. The predicted molar refractivity (Wildman–Crippen MR) is 61.2 cm³/mol. The van der Waals surface area contributed by atoms with Gasteiger partial charge in [0, 0.05) is 6.20 Å². The molecule has 17 heavy (non-hydrogen) atoms. The zero-order valence-corrected chi connectivity index (χ0v) is 9.80. The van der Waals surface area contributed by atoms with E-state index in [-0.39, 0.29) is 17.3 Å². The van der Waals surface area contributed by atoms with Gasteiger partial charge in [-0.25, -0.2) is 4.79 Å². The van der Waals surface area contributed by atoms with Crippen molar-refractivity contribution < 1.29 is 14.7 Å². The number of hydrogen-bond acceptors (Lipinski definition) is 3. The van der Waals surface area contributed by atoms with Crippen LogP contribution in [0.2, 0.25) is 0 Å². The van der Waals surface area contributed by atoms with Crippen LogP contribution in [-0.4, -0.2) is 27.1 Å². The molecule has 0 unspecified atom stereocenters. The van der Waals surface area contributed by atoms with Crippen LogP contribution in [0.25, 0.3) is 0 Å². The van der Waals surface area contributed by atoms with Crippen molar-refractivity contribution >= 4 is 12.3 Å². The first-order valence-electron chi connectivity index (χ1n) is 5.89. The maximum atomic E-state index is 10.9. The highest BCUT2D eigenvalue weighted by molar-refractivity contribution is 5.95. The monoisotopic (exact) mass is 236 g/mol. The van der Waals surface area contributed by atoms with Crippen molar-refractivity contribution in [1.82, 2.24) is 9.78 Å². The Kier molecular flexibility index (Phi) is 3.26. The van der Waals surface area contributed by atoms with Crippen molar-refractivity contribution in [2.75, 3.05) is 0 Å². The number of hydrogen-bond donors (Lipinski definition) is 1. The molecule has 0 aliphatic heterocycles. The van der Waals surface area contributed by atoms with Crippen LogP contribution in [0.4, 0.5) is 0 Å². The Labute approximate surface area is 99.4 Å². The number of nitrogens with zero attached hydrogens (tertiary/aromatic N) is 2. The minimum absolute atomic E-state index is 0.140. The first kappa shape index (κ1) is 11.8. The van der Waals surface area contributed by atoms with Crippen LogP contribution in [0.5, 0.6) is 0 Å². The highest BCUT2D eigenvalue weighted by Gasteiger charge is 2.23. The molecule has 0 aromatic carbocycles. The van der Waals surface area contributed by atoms with Gasteiger partial charge in [-0.05, 0) is 31.6 Å². The van der Waals surface area contributed by atoms with E-state index in [0.29, 0.717) is 6.29 Å². The summed E-state index contributed by atoms with van der Waals surface area (Å²) in [6, 6.07) is 0.234. The molecule has 2 rings (SSSR count). The Balaban J connectivity index is 2.21. The standard InChI is InChI=1S/C12H16N2O3/c1-8-2-4-10(5-3-8)14-6-9(7-15)11(13-14)12(16)17/h6-8,10H,2-5H2,1H3,(H,16,17). The van der Waals surface area contributed by atoms with Crippen molar-refractivity contribution in [2.24, 2.45) is 5.92 Å². The molecule has 5 nitrogen and oxygen atoms in total. The maximum absolute atomic E-state index is 10.9. The lowest BCUT2D eigenvalue weighted by Crippen LogP contribution is -2.17. The number of carbonyl (C=O) groups excluding carboxylic acids is 1. The lowest BCUT2D eigenvalue weighted by Gasteiger charge is -2.26. The number of aromatic carboxylic acids is 1. The first-order chi connectivity index (χ1) is 8.11. The zero-order chi connectivity index (χ0) is 12.4. The molecule has 1 fully saturated rings. The van der Waals surface area contributed by atoms with Gasteiger partial charge in [0.1, 0.15) is 0 Å².